The maximum Gasteiger partial charge on any atom is 0.163 e. The highest BCUT2D eigenvalue weighted by Gasteiger charge is 2.02. The summed E-state index contributed by atoms with van der Waals surface area (Å²) in [6.07, 6.45) is 0.652. The molecule has 0 aliphatic heterocycles. The fraction of sp³-hybridized carbons (Fsp3) is 1.00. The summed E-state index contributed by atoms with van der Waals surface area (Å²) >= 11 is 0. The molecule has 0 saturated heterocycles. The van der Waals surface area contributed by atoms with Gasteiger partial charge in [0.25, 0.3) is 0 Å². The Morgan fingerprint density at radius 1 is 1.50 bits per heavy atom. The standard InChI is InChI=1S/C4H11NO2S/c1-2-3-8(6,7)4-5/h2-5H2,1H3. The van der Waals surface area contributed by atoms with E-state index in [0.29, 0.717) is 6.42 Å². The number of sulfone groups is 1. The van der Waals surface area contributed by atoms with Crippen molar-refractivity contribution in [2.24, 2.45) is 5.73 Å². The SMILES string of the molecule is CCCS(=O)(=O)CN. The average molecular weight is 137 g/mol. The summed E-state index contributed by atoms with van der Waals surface area (Å²) in [5.41, 5.74) is 4.90. The molecular formula is C4H11NO2S. The van der Waals surface area contributed by atoms with E-state index < -0.39 is 9.84 Å². The molecule has 0 aromatic rings. The number of nitrogens with two attached hydrogens (primary N) is 1. The van der Waals surface area contributed by atoms with Gasteiger partial charge in [0.1, 0.15) is 0 Å². The van der Waals surface area contributed by atoms with Crippen LogP contribution in [0.15, 0.2) is 0 Å². The average Bonchev–Trinajstić information content (AvgIpc) is 1.67. The lowest BCUT2D eigenvalue weighted by molar-refractivity contribution is 0.595. The lowest BCUT2D eigenvalue weighted by Gasteiger charge is -1.93. The molecule has 0 spiro atoms. The van der Waals surface area contributed by atoms with Crippen molar-refractivity contribution in [2.75, 3.05) is 11.6 Å². The van der Waals surface area contributed by atoms with Gasteiger partial charge in [0.15, 0.2) is 9.84 Å². The second kappa shape index (κ2) is 3.04. The summed E-state index contributed by atoms with van der Waals surface area (Å²) in [6.45, 7) is 1.81. The Labute approximate surface area is 49.8 Å². The zero-order chi connectivity index (χ0) is 6.62. The zero-order valence-electron chi connectivity index (χ0n) is 4.92. The van der Waals surface area contributed by atoms with E-state index in [1.54, 1.807) is 0 Å². The smallest absolute Gasteiger partial charge is 0.163 e. The van der Waals surface area contributed by atoms with Crippen LogP contribution in [0.4, 0.5) is 0 Å². The highest BCUT2D eigenvalue weighted by molar-refractivity contribution is 7.91. The first kappa shape index (κ1) is 7.91. The molecule has 0 rings (SSSR count). The molecule has 0 bridgehead atoms. The van der Waals surface area contributed by atoms with Crippen molar-refractivity contribution in [3.05, 3.63) is 0 Å². The first-order valence-corrected chi connectivity index (χ1v) is 4.35. The van der Waals surface area contributed by atoms with Crippen LogP contribution in [0.5, 0.6) is 0 Å². The monoisotopic (exact) mass is 137 g/mol. The van der Waals surface area contributed by atoms with Crippen LogP contribution in [-0.2, 0) is 9.84 Å². The summed E-state index contributed by atoms with van der Waals surface area (Å²) in [5, 5.41) is 0. The molecule has 0 unspecified atom stereocenters. The van der Waals surface area contributed by atoms with Crippen LogP contribution in [-0.4, -0.2) is 20.0 Å². The molecule has 0 saturated carbocycles. The molecule has 50 valence electrons. The Morgan fingerprint density at radius 3 is 2.12 bits per heavy atom. The molecule has 0 amide bonds. The predicted molar refractivity (Wildman–Crippen MR) is 33.1 cm³/mol. The summed E-state index contributed by atoms with van der Waals surface area (Å²) in [5.74, 6) is -0.00958. The fourth-order valence-electron chi connectivity index (χ4n) is 0.394. The third-order valence-corrected chi connectivity index (χ3v) is 2.31. The van der Waals surface area contributed by atoms with E-state index >= 15 is 0 Å². The normalized spacial score (nSPS) is 11.8. The zero-order valence-corrected chi connectivity index (χ0v) is 5.74. The predicted octanol–water partition coefficient (Wildman–Crippen LogP) is -0.273. The second-order valence-corrected chi connectivity index (χ2v) is 3.84. The minimum Gasteiger partial charge on any atom is -0.318 e. The van der Waals surface area contributed by atoms with Crippen LogP contribution in [0.3, 0.4) is 0 Å². The minimum atomic E-state index is -2.89. The Kier molecular flexibility index (Phi) is 3.01. The van der Waals surface area contributed by atoms with Gasteiger partial charge in [-0.15, -0.1) is 0 Å². The fourth-order valence-corrected chi connectivity index (χ4v) is 1.18. The van der Waals surface area contributed by atoms with Crippen molar-refractivity contribution in [1.29, 1.82) is 0 Å². The van der Waals surface area contributed by atoms with Gasteiger partial charge in [0.2, 0.25) is 0 Å². The van der Waals surface area contributed by atoms with Crippen LogP contribution >= 0.6 is 0 Å². The molecule has 0 aromatic carbocycles. The van der Waals surface area contributed by atoms with E-state index in [-0.39, 0.29) is 11.6 Å². The molecule has 8 heavy (non-hydrogen) atoms. The Hall–Kier alpha value is -0.0900. The Bertz CT molecular complexity index is 138. The maximum absolute atomic E-state index is 10.5. The summed E-state index contributed by atoms with van der Waals surface area (Å²) < 4.78 is 20.9. The summed E-state index contributed by atoms with van der Waals surface area (Å²) in [4.78, 5) is 0. The first-order chi connectivity index (χ1) is 3.62. The van der Waals surface area contributed by atoms with Crippen molar-refractivity contribution in [3.8, 4) is 0 Å². The molecule has 0 radical (unpaired) electrons. The molecule has 0 aliphatic carbocycles. The van der Waals surface area contributed by atoms with Gasteiger partial charge in [-0.2, -0.15) is 0 Å². The van der Waals surface area contributed by atoms with Crippen molar-refractivity contribution in [1.82, 2.24) is 0 Å². The number of rotatable bonds is 3. The van der Waals surface area contributed by atoms with Crippen LogP contribution in [0.2, 0.25) is 0 Å². The minimum absolute atomic E-state index is 0.212. The van der Waals surface area contributed by atoms with Gasteiger partial charge >= 0.3 is 0 Å². The van der Waals surface area contributed by atoms with E-state index in [2.05, 4.69) is 0 Å². The highest BCUT2D eigenvalue weighted by Crippen LogP contribution is 1.87. The number of hydrogen-bond acceptors (Lipinski definition) is 3. The molecule has 3 nitrogen and oxygen atoms in total. The number of hydrogen-bond donors (Lipinski definition) is 1. The van der Waals surface area contributed by atoms with Gasteiger partial charge in [-0.1, -0.05) is 6.92 Å². The van der Waals surface area contributed by atoms with Crippen molar-refractivity contribution >= 4 is 9.84 Å². The van der Waals surface area contributed by atoms with Gasteiger partial charge in [-0.05, 0) is 6.42 Å². The topological polar surface area (TPSA) is 60.2 Å². The van der Waals surface area contributed by atoms with Crippen molar-refractivity contribution in [3.63, 3.8) is 0 Å². The Morgan fingerprint density at radius 2 is 2.00 bits per heavy atom. The molecule has 0 atom stereocenters. The van der Waals surface area contributed by atoms with Gasteiger partial charge in [-0.25, -0.2) is 8.42 Å². The van der Waals surface area contributed by atoms with Gasteiger partial charge in [-0.3, -0.25) is 0 Å². The lowest BCUT2D eigenvalue weighted by atomic mass is 10.6. The second-order valence-electron chi connectivity index (χ2n) is 1.61. The highest BCUT2D eigenvalue weighted by atomic mass is 32.2. The summed E-state index contributed by atoms with van der Waals surface area (Å²) in [7, 11) is -2.89. The van der Waals surface area contributed by atoms with Crippen molar-refractivity contribution in [2.45, 2.75) is 13.3 Å². The quantitative estimate of drug-likeness (QED) is 0.582. The van der Waals surface area contributed by atoms with Gasteiger partial charge < -0.3 is 5.73 Å². The third-order valence-electron chi connectivity index (χ3n) is 0.769. The van der Waals surface area contributed by atoms with Gasteiger partial charge in [0.05, 0.1) is 11.6 Å². The van der Waals surface area contributed by atoms with E-state index in [9.17, 15) is 8.42 Å². The molecule has 0 aromatic heterocycles. The van der Waals surface area contributed by atoms with E-state index in [1.807, 2.05) is 6.92 Å². The van der Waals surface area contributed by atoms with Crippen LogP contribution in [0.25, 0.3) is 0 Å². The van der Waals surface area contributed by atoms with Crippen molar-refractivity contribution < 1.29 is 8.42 Å². The van der Waals surface area contributed by atoms with Crippen LogP contribution in [0.1, 0.15) is 13.3 Å². The Balaban J connectivity index is 3.76. The lowest BCUT2D eigenvalue weighted by Crippen LogP contribution is -2.16. The van der Waals surface area contributed by atoms with E-state index in [0.717, 1.165) is 0 Å². The first-order valence-electron chi connectivity index (χ1n) is 2.53. The summed E-state index contributed by atoms with van der Waals surface area (Å²) in [6, 6.07) is 0. The molecule has 0 fully saturated rings. The van der Waals surface area contributed by atoms with Crippen LogP contribution in [0, 0.1) is 0 Å². The third kappa shape index (κ3) is 2.98. The molecule has 0 aliphatic rings. The van der Waals surface area contributed by atoms with Crippen LogP contribution < -0.4 is 5.73 Å². The van der Waals surface area contributed by atoms with E-state index in [1.165, 1.54) is 0 Å². The maximum atomic E-state index is 10.5. The molecular weight excluding hydrogens is 126 g/mol. The molecule has 4 heteroatoms. The largest absolute Gasteiger partial charge is 0.318 e. The molecule has 2 N–H and O–H groups in total. The van der Waals surface area contributed by atoms with E-state index in [4.69, 9.17) is 5.73 Å². The van der Waals surface area contributed by atoms with Gasteiger partial charge in [0, 0.05) is 0 Å². The molecule has 0 heterocycles.